The third kappa shape index (κ3) is 1.40. The van der Waals surface area contributed by atoms with Crippen LogP contribution in [0.1, 0.15) is 12.5 Å². The Bertz CT molecular complexity index is 360. The number of hydrogen-bond donors (Lipinski definition) is 1. The summed E-state index contributed by atoms with van der Waals surface area (Å²) in [5.74, 6) is 0.00921. The van der Waals surface area contributed by atoms with E-state index in [0.717, 1.165) is 18.7 Å². The van der Waals surface area contributed by atoms with Crippen LogP contribution in [0.4, 0.5) is 5.69 Å². The van der Waals surface area contributed by atoms with Crippen LogP contribution in [-0.2, 0) is 11.2 Å². The van der Waals surface area contributed by atoms with E-state index < -0.39 is 6.04 Å². The van der Waals surface area contributed by atoms with Gasteiger partial charge in [0.1, 0.15) is 0 Å². The van der Waals surface area contributed by atoms with Crippen LogP contribution in [0.2, 0.25) is 0 Å². The monoisotopic (exact) mass is 190 g/mol. The van der Waals surface area contributed by atoms with Gasteiger partial charge in [-0.15, -0.1) is 0 Å². The van der Waals surface area contributed by atoms with Gasteiger partial charge in [-0.25, -0.2) is 0 Å². The second-order valence-corrected chi connectivity index (χ2v) is 3.66. The van der Waals surface area contributed by atoms with Gasteiger partial charge >= 0.3 is 0 Å². The number of nitrogens with zero attached hydrogens (tertiary/aromatic N) is 1. The molecular weight excluding hydrogens is 176 g/mol. The van der Waals surface area contributed by atoms with Crippen molar-refractivity contribution in [2.45, 2.75) is 19.4 Å². The number of amides is 1. The molecule has 1 unspecified atom stereocenters. The van der Waals surface area contributed by atoms with Crippen molar-refractivity contribution in [3.05, 3.63) is 29.8 Å². The number of hydrogen-bond acceptors (Lipinski definition) is 2. The quantitative estimate of drug-likeness (QED) is 0.716. The highest BCUT2D eigenvalue weighted by Crippen LogP contribution is 2.27. The van der Waals surface area contributed by atoms with Crippen molar-refractivity contribution >= 4 is 11.6 Å². The summed E-state index contributed by atoms with van der Waals surface area (Å²) in [6.45, 7) is 2.49. The number of benzene rings is 1. The average molecular weight is 190 g/mol. The Morgan fingerprint density at radius 2 is 2.21 bits per heavy atom. The van der Waals surface area contributed by atoms with Crippen LogP contribution in [0.15, 0.2) is 24.3 Å². The van der Waals surface area contributed by atoms with E-state index in [1.54, 1.807) is 11.8 Å². The minimum atomic E-state index is -0.416. The molecule has 1 aliphatic rings. The molecule has 0 saturated heterocycles. The fraction of sp³-hybridized carbons (Fsp3) is 0.364. The van der Waals surface area contributed by atoms with Crippen LogP contribution in [0.3, 0.4) is 0 Å². The molecule has 1 heterocycles. The fourth-order valence-corrected chi connectivity index (χ4v) is 1.81. The van der Waals surface area contributed by atoms with Gasteiger partial charge in [0.25, 0.3) is 0 Å². The highest BCUT2D eigenvalue weighted by atomic mass is 16.2. The van der Waals surface area contributed by atoms with E-state index in [0.29, 0.717) is 0 Å². The van der Waals surface area contributed by atoms with Crippen LogP contribution in [0, 0.1) is 0 Å². The number of nitrogens with two attached hydrogens (primary N) is 1. The van der Waals surface area contributed by atoms with E-state index in [-0.39, 0.29) is 5.91 Å². The Balaban J connectivity index is 2.30. The van der Waals surface area contributed by atoms with Crippen LogP contribution >= 0.6 is 0 Å². The van der Waals surface area contributed by atoms with Crippen molar-refractivity contribution in [2.75, 3.05) is 11.4 Å². The van der Waals surface area contributed by atoms with Gasteiger partial charge in [-0.3, -0.25) is 4.79 Å². The van der Waals surface area contributed by atoms with E-state index in [9.17, 15) is 4.79 Å². The number of rotatable bonds is 1. The lowest BCUT2D eigenvalue weighted by atomic mass is 10.2. The molecule has 1 amide bonds. The zero-order valence-electron chi connectivity index (χ0n) is 8.23. The van der Waals surface area contributed by atoms with Crippen LogP contribution in [0.5, 0.6) is 0 Å². The third-order valence-corrected chi connectivity index (χ3v) is 2.54. The molecule has 1 aromatic rings. The molecule has 1 aromatic carbocycles. The third-order valence-electron chi connectivity index (χ3n) is 2.54. The summed E-state index contributed by atoms with van der Waals surface area (Å²) >= 11 is 0. The lowest BCUT2D eigenvalue weighted by Crippen LogP contribution is -2.41. The van der Waals surface area contributed by atoms with Crippen molar-refractivity contribution in [3.8, 4) is 0 Å². The minimum absolute atomic E-state index is 0.00921. The molecule has 2 rings (SSSR count). The molecule has 0 spiro atoms. The predicted octanol–water partition coefficient (Wildman–Crippen LogP) is 0.923. The average Bonchev–Trinajstić information content (AvgIpc) is 2.60. The number of carbonyl (C=O) groups excluding carboxylic acids is 1. The zero-order valence-corrected chi connectivity index (χ0v) is 8.23. The molecule has 0 bridgehead atoms. The number of para-hydroxylation sites is 1. The second-order valence-electron chi connectivity index (χ2n) is 3.66. The lowest BCUT2D eigenvalue weighted by molar-refractivity contribution is -0.119. The van der Waals surface area contributed by atoms with Gasteiger partial charge in [0, 0.05) is 12.2 Å². The Morgan fingerprint density at radius 1 is 1.50 bits per heavy atom. The van der Waals surface area contributed by atoms with Crippen LogP contribution in [-0.4, -0.2) is 18.5 Å². The molecule has 0 radical (unpaired) electrons. The lowest BCUT2D eigenvalue weighted by Gasteiger charge is -2.19. The number of fused-ring (bicyclic) bond motifs is 1. The summed E-state index contributed by atoms with van der Waals surface area (Å²) in [5.41, 5.74) is 7.84. The fourth-order valence-electron chi connectivity index (χ4n) is 1.81. The Hall–Kier alpha value is -1.35. The Labute approximate surface area is 83.5 Å². The number of anilines is 1. The zero-order chi connectivity index (χ0) is 10.1. The first-order chi connectivity index (χ1) is 6.70. The molecule has 14 heavy (non-hydrogen) atoms. The first-order valence-corrected chi connectivity index (χ1v) is 4.85. The predicted molar refractivity (Wildman–Crippen MR) is 56.1 cm³/mol. The van der Waals surface area contributed by atoms with Gasteiger partial charge in [-0.1, -0.05) is 18.2 Å². The molecule has 0 fully saturated rings. The Kier molecular flexibility index (Phi) is 2.25. The molecule has 3 heteroatoms. The summed E-state index contributed by atoms with van der Waals surface area (Å²) in [5, 5.41) is 0. The maximum absolute atomic E-state index is 11.7. The van der Waals surface area contributed by atoms with Gasteiger partial charge in [-0.2, -0.15) is 0 Å². The molecule has 1 aliphatic heterocycles. The van der Waals surface area contributed by atoms with E-state index in [1.165, 1.54) is 5.56 Å². The smallest absolute Gasteiger partial charge is 0.243 e. The van der Waals surface area contributed by atoms with Crippen molar-refractivity contribution in [3.63, 3.8) is 0 Å². The SMILES string of the molecule is CC(N)C(=O)N1CCc2ccccc21. The largest absolute Gasteiger partial charge is 0.320 e. The van der Waals surface area contributed by atoms with E-state index in [2.05, 4.69) is 6.07 Å². The summed E-state index contributed by atoms with van der Waals surface area (Å²) in [4.78, 5) is 13.5. The summed E-state index contributed by atoms with van der Waals surface area (Å²) in [7, 11) is 0. The van der Waals surface area contributed by atoms with Gasteiger partial charge in [0.15, 0.2) is 0 Å². The molecule has 3 nitrogen and oxygen atoms in total. The molecule has 74 valence electrons. The van der Waals surface area contributed by atoms with Gasteiger partial charge < -0.3 is 10.6 Å². The van der Waals surface area contributed by atoms with Crippen molar-refractivity contribution in [1.29, 1.82) is 0 Å². The molecular formula is C11H14N2O. The summed E-state index contributed by atoms with van der Waals surface area (Å²) in [6, 6.07) is 7.57. The van der Waals surface area contributed by atoms with E-state index in [1.807, 2.05) is 18.2 Å². The van der Waals surface area contributed by atoms with Crippen molar-refractivity contribution < 1.29 is 4.79 Å². The van der Waals surface area contributed by atoms with Gasteiger partial charge in [0.05, 0.1) is 6.04 Å². The molecule has 0 aromatic heterocycles. The van der Waals surface area contributed by atoms with E-state index >= 15 is 0 Å². The number of carbonyl (C=O) groups is 1. The molecule has 0 saturated carbocycles. The summed E-state index contributed by atoms with van der Waals surface area (Å²) < 4.78 is 0. The van der Waals surface area contributed by atoms with Gasteiger partial charge in [-0.05, 0) is 25.0 Å². The van der Waals surface area contributed by atoms with Crippen molar-refractivity contribution in [2.24, 2.45) is 5.73 Å². The van der Waals surface area contributed by atoms with Crippen LogP contribution in [0.25, 0.3) is 0 Å². The summed E-state index contributed by atoms with van der Waals surface area (Å²) in [6.07, 6.45) is 0.939. The second kappa shape index (κ2) is 3.42. The Morgan fingerprint density at radius 3 is 2.93 bits per heavy atom. The molecule has 2 N–H and O–H groups in total. The standard InChI is InChI=1S/C11H14N2O/c1-8(12)11(14)13-7-6-9-4-2-3-5-10(9)13/h2-5,8H,6-7,12H2,1H3. The van der Waals surface area contributed by atoms with Gasteiger partial charge in [0.2, 0.25) is 5.91 Å². The molecule has 0 aliphatic carbocycles. The molecule has 1 atom stereocenters. The normalized spacial score (nSPS) is 16.6. The minimum Gasteiger partial charge on any atom is -0.320 e. The van der Waals surface area contributed by atoms with E-state index in [4.69, 9.17) is 5.73 Å². The van der Waals surface area contributed by atoms with Crippen molar-refractivity contribution in [1.82, 2.24) is 0 Å². The highest BCUT2D eigenvalue weighted by molar-refractivity contribution is 5.98. The first kappa shape index (κ1) is 9.21. The topological polar surface area (TPSA) is 46.3 Å². The van der Waals surface area contributed by atoms with Crippen LogP contribution < -0.4 is 10.6 Å². The maximum Gasteiger partial charge on any atom is 0.243 e. The highest BCUT2D eigenvalue weighted by Gasteiger charge is 2.25. The maximum atomic E-state index is 11.7. The first-order valence-electron chi connectivity index (χ1n) is 4.85.